The number of benzene rings is 1. The number of nitrogens with zero attached hydrogens (tertiary/aromatic N) is 4. The normalized spacial score (nSPS) is 12.1. The highest BCUT2D eigenvalue weighted by atomic mass is 35.5. The molecular formula is C21H18ClN5O2. The summed E-state index contributed by atoms with van der Waals surface area (Å²) in [6.07, 6.45) is 3.39. The van der Waals surface area contributed by atoms with Crippen LogP contribution in [-0.2, 0) is 4.79 Å². The zero-order chi connectivity index (χ0) is 20.5. The van der Waals surface area contributed by atoms with Crippen LogP contribution >= 0.6 is 11.6 Å². The van der Waals surface area contributed by atoms with Crippen molar-refractivity contribution in [3.8, 4) is 22.4 Å². The van der Waals surface area contributed by atoms with Crippen molar-refractivity contribution in [3.05, 3.63) is 65.6 Å². The van der Waals surface area contributed by atoms with E-state index in [0.29, 0.717) is 32.7 Å². The SMILES string of the molecule is CN(C)C(=O)C(O)c1cncc(-c2cnc3n[nH]c(-c4ccccc4)c3c2Cl)c1. The Morgan fingerprint density at radius 1 is 1.14 bits per heavy atom. The largest absolute Gasteiger partial charge is 0.378 e. The van der Waals surface area contributed by atoms with Gasteiger partial charge in [-0.3, -0.25) is 14.9 Å². The molecule has 4 aromatic rings. The van der Waals surface area contributed by atoms with Crippen molar-refractivity contribution in [1.29, 1.82) is 0 Å². The molecule has 7 nitrogen and oxygen atoms in total. The molecule has 0 spiro atoms. The van der Waals surface area contributed by atoms with Gasteiger partial charge in [0.25, 0.3) is 5.91 Å². The molecule has 146 valence electrons. The van der Waals surface area contributed by atoms with Crippen molar-refractivity contribution in [2.45, 2.75) is 6.10 Å². The van der Waals surface area contributed by atoms with Gasteiger partial charge in [0.05, 0.1) is 16.1 Å². The van der Waals surface area contributed by atoms with Gasteiger partial charge in [-0.25, -0.2) is 4.98 Å². The highest BCUT2D eigenvalue weighted by molar-refractivity contribution is 6.39. The van der Waals surface area contributed by atoms with Gasteiger partial charge < -0.3 is 10.0 Å². The van der Waals surface area contributed by atoms with Gasteiger partial charge in [0, 0.05) is 54.9 Å². The molecule has 0 fully saturated rings. The Morgan fingerprint density at radius 2 is 1.90 bits per heavy atom. The summed E-state index contributed by atoms with van der Waals surface area (Å²) in [5.41, 5.74) is 3.88. The van der Waals surface area contributed by atoms with Crippen LogP contribution in [0.3, 0.4) is 0 Å². The number of amides is 1. The summed E-state index contributed by atoms with van der Waals surface area (Å²) in [5, 5.41) is 18.8. The van der Waals surface area contributed by atoms with E-state index in [1.54, 1.807) is 32.6 Å². The number of carbonyl (C=O) groups is 1. The van der Waals surface area contributed by atoms with Crippen LogP contribution in [0.5, 0.6) is 0 Å². The van der Waals surface area contributed by atoms with Crippen LogP contribution < -0.4 is 0 Å². The Labute approximate surface area is 172 Å². The first kappa shape index (κ1) is 19.0. The van der Waals surface area contributed by atoms with Gasteiger partial charge in [-0.1, -0.05) is 41.9 Å². The van der Waals surface area contributed by atoms with Crippen LogP contribution in [-0.4, -0.2) is 50.2 Å². The molecule has 8 heteroatoms. The summed E-state index contributed by atoms with van der Waals surface area (Å²) in [6.45, 7) is 0. The molecule has 3 heterocycles. The summed E-state index contributed by atoms with van der Waals surface area (Å²) in [6, 6.07) is 11.4. The molecule has 0 bridgehead atoms. The highest BCUT2D eigenvalue weighted by Crippen LogP contribution is 2.37. The first-order valence-corrected chi connectivity index (χ1v) is 9.27. The zero-order valence-electron chi connectivity index (χ0n) is 15.8. The second kappa shape index (κ2) is 7.62. The van der Waals surface area contributed by atoms with E-state index in [1.165, 1.54) is 11.1 Å². The second-order valence-corrected chi connectivity index (χ2v) is 7.17. The minimum absolute atomic E-state index is 0.382. The van der Waals surface area contributed by atoms with E-state index in [4.69, 9.17) is 11.6 Å². The van der Waals surface area contributed by atoms with Gasteiger partial charge >= 0.3 is 0 Å². The van der Waals surface area contributed by atoms with Gasteiger partial charge in [0.1, 0.15) is 0 Å². The van der Waals surface area contributed by atoms with Crippen LogP contribution in [0.1, 0.15) is 11.7 Å². The average molecular weight is 408 g/mol. The van der Waals surface area contributed by atoms with Gasteiger partial charge in [0.2, 0.25) is 0 Å². The van der Waals surface area contributed by atoms with Crippen LogP contribution in [0, 0.1) is 0 Å². The predicted molar refractivity (Wildman–Crippen MR) is 111 cm³/mol. The molecule has 0 aliphatic rings. The predicted octanol–water partition coefficient (Wildman–Crippen LogP) is 3.46. The van der Waals surface area contributed by atoms with Crippen molar-refractivity contribution in [3.63, 3.8) is 0 Å². The molecule has 29 heavy (non-hydrogen) atoms. The molecule has 4 rings (SSSR count). The molecule has 3 aromatic heterocycles. The summed E-state index contributed by atoms with van der Waals surface area (Å²) in [5.74, 6) is -0.426. The minimum Gasteiger partial charge on any atom is -0.378 e. The van der Waals surface area contributed by atoms with Crippen molar-refractivity contribution in [1.82, 2.24) is 25.1 Å². The van der Waals surface area contributed by atoms with Gasteiger partial charge in [-0.2, -0.15) is 5.10 Å². The maximum absolute atomic E-state index is 12.1. The monoisotopic (exact) mass is 407 g/mol. The van der Waals surface area contributed by atoms with E-state index in [1.807, 2.05) is 30.3 Å². The topological polar surface area (TPSA) is 95.0 Å². The molecule has 1 unspecified atom stereocenters. The Morgan fingerprint density at radius 3 is 2.62 bits per heavy atom. The number of aliphatic hydroxyl groups is 1. The molecule has 1 amide bonds. The highest BCUT2D eigenvalue weighted by Gasteiger charge is 2.21. The lowest BCUT2D eigenvalue weighted by Crippen LogP contribution is -2.28. The number of H-pyrrole nitrogens is 1. The number of halogens is 1. The fourth-order valence-corrected chi connectivity index (χ4v) is 3.44. The Kier molecular flexibility index (Phi) is 5.00. The molecule has 0 saturated carbocycles. The number of pyridine rings is 2. The van der Waals surface area contributed by atoms with E-state index < -0.39 is 12.0 Å². The van der Waals surface area contributed by atoms with Crippen LogP contribution in [0.25, 0.3) is 33.4 Å². The third kappa shape index (κ3) is 3.46. The summed E-state index contributed by atoms with van der Waals surface area (Å²) in [7, 11) is 3.17. The summed E-state index contributed by atoms with van der Waals surface area (Å²) in [4.78, 5) is 22.0. The fourth-order valence-electron chi connectivity index (χ4n) is 3.11. The van der Waals surface area contributed by atoms with Crippen LogP contribution in [0.4, 0.5) is 0 Å². The Bertz CT molecular complexity index is 1190. The molecule has 0 aliphatic carbocycles. The number of likely N-dealkylation sites (N-methyl/N-ethyl adjacent to an activating group) is 1. The molecule has 0 aliphatic heterocycles. The smallest absolute Gasteiger partial charge is 0.255 e. The number of aromatic amines is 1. The number of aliphatic hydroxyl groups excluding tert-OH is 1. The molecule has 0 radical (unpaired) electrons. The number of rotatable bonds is 4. The van der Waals surface area contributed by atoms with E-state index in [-0.39, 0.29) is 0 Å². The first-order chi connectivity index (χ1) is 14.0. The second-order valence-electron chi connectivity index (χ2n) is 6.79. The van der Waals surface area contributed by atoms with Crippen LogP contribution in [0.15, 0.2) is 55.0 Å². The lowest BCUT2D eigenvalue weighted by molar-refractivity contribution is -0.137. The van der Waals surface area contributed by atoms with Gasteiger partial charge in [-0.05, 0) is 6.07 Å². The van der Waals surface area contributed by atoms with E-state index in [9.17, 15) is 9.90 Å². The fraction of sp³-hybridized carbons (Fsp3) is 0.143. The Balaban J connectivity index is 1.82. The van der Waals surface area contributed by atoms with Crippen LogP contribution in [0.2, 0.25) is 5.02 Å². The first-order valence-electron chi connectivity index (χ1n) is 8.90. The molecule has 1 aromatic carbocycles. The minimum atomic E-state index is -1.30. The number of carbonyl (C=O) groups excluding carboxylic acids is 1. The molecule has 0 saturated heterocycles. The average Bonchev–Trinajstić information content (AvgIpc) is 3.18. The van der Waals surface area contributed by atoms with Crippen molar-refractivity contribution >= 4 is 28.5 Å². The third-order valence-corrected chi connectivity index (χ3v) is 5.03. The number of nitrogens with one attached hydrogen (secondary N) is 1. The number of aromatic nitrogens is 4. The molecule has 2 N–H and O–H groups in total. The van der Waals surface area contributed by atoms with Crippen molar-refractivity contribution in [2.75, 3.05) is 14.1 Å². The maximum atomic E-state index is 12.1. The number of fused-ring (bicyclic) bond motifs is 1. The van der Waals surface area contributed by atoms with Gasteiger partial charge in [-0.15, -0.1) is 0 Å². The molecular weight excluding hydrogens is 390 g/mol. The molecule has 1 atom stereocenters. The number of hydrogen-bond donors (Lipinski definition) is 2. The zero-order valence-corrected chi connectivity index (χ0v) is 16.6. The van der Waals surface area contributed by atoms with E-state index in [0.717, 1.165) is 11.3 Å². The number of hydrogen-bond acceptors (Lipinski definition) is 5. The Hall–Kier alpha value is -3.29. The van der Waals surface area contributed by atoms with Crippen molar-refractivity contribution in [2.24, 2.45) is 0 Å². The lowest BCUT2D eigenvalue weighted by Gasteiger charge is -2.16. The maximum Gasteiger partial charge on any atom is 0.255 e. The summed E-state index contributed by atoms with van der Waals surface area (Å²) < 4.78 is 0. The third-order valence-electron chi connectivity index (χ3n) is 4.64. The quantitative estimate of drug-likeness (QED) is 0.540. The van der Waals surface area contributed by atoms with Gasteiger partial charge in [0.15, 0.2) is 11.8 Å². The lowest BCUT2D eigenvalue weighted by atomic mass is 10.0. The standard InChI is InChI=1S/C21H18ClN5O2/c1-27(2)21(29)19(28)14-8-13(9-23-10-14)15-11-24-20-16(17(15)22)18(25-26-20)12-6-4-3-5-7-12/h3-11,19,28H,1-2H3,(H,24,25,26). The van der Waals surface area contributed by atoms with Crippen molar-refractivity contribution < 1.29 is 9.90 Å². The van der Waals surface area contributed by atoms with E-state index in [2.05, 4.69) is 20.2 Å². The van der Waals surface area contributed by atoms with E-state index >= 15 is 0 Å². The summed E-state index contributed by atoms with van der Waals surface area (Å²) >= 11 is 6.75.